The minimum atomic E-state index is 0. The number of halogens is 1. The van der Waals surface area contributed by atoms with Crippen LogP contribution in [0, 0.1) is 6.92 Å². The molecule has 0 aliphatic carbocycles. The lowest BCUT2D eigenvalue weighted by molar-refractivity contribution is -0.917. The van der Waals surface area contributed by atoms with Gasteiger partial charge in [0.15, 0.2) is 0 Å². The molecule has 0 aromatic rings. The highest BCUT2D eigenvalue weighted by Crippen LogP contribution is 2.04. The highest BCUT2D eigenvalue weighted by atomic mass is 79.9. The van der Waals surface area contributed by atoms with Crippen LogP contribution < -0.4 is 17.0 Å². The normalized spacial score (nSPS) is 9.14. The van der Waals surface area contributed by atoms with Crippen molar-refractivity contribution in [3.63, 3.8) is 0 Å². The molecule has 0 fully saturated rings. The summed E-state index contributed by atoms with van der Waals surface area (Å²) in [5.41, 5.74) is 0. The quantitative estimate of drug-likeness (QED) is 0.486. The summed E-state index contributed by atoms with van der Waals surface area (Å²) in [5.74, 6) is 0. The van der Waals surface area contributed by atoms with Gasteiger partial charge < -0.3 is 21.5 Å². The molecule has 0 atom stereocenters. The first-order valence-electron chi connectivity index (χ1n) is 5.02. The Labute approximate surface area is 101 Å². The van der Waals surface area contributed by atoms with Gasteiger partial charge in [0.25, 0.3) is 0 Å². The van der Waals surface area contributed by atoms with Gasteiger partial charge in [0.05, 0.1) is 26.2 Å². The monoisotopic (exact) mass is 262 g/mol. The maximum atomic E-state index is 3.77. The number of allylic oxidation sites excluding steroid dienone is 1. The molecule has 0 aromatic heterocycles. The Balaban J connectivity index is -0.000000267. The molecule has 0 aliphatic rings. The van der Waals surface area contributed by atoms with E-state index in [0.717, 1.165) is 6.54 Å². The summed E-state index contributed by atoms with van der Waals surface area (Å²) in [6.07, 6.45) is 3.52. The molecule has 0 unspecified atom stereocenters. The Bertz CT molecular complexity index is 120. The third kappa shape index (κ3) is 8.52. The average molecular weight is 263 g/mol. The lowest BCUT2D eigenvalue weighted by Gasteiger charge is -2.34. The zero-order chi connectivity index (χ0) is 10.7. The van der Waals surface area contributed by atoms with E-state index in [1.807, 2.05) is 6.08 Å². The van der Waals surface area contributed by atoms with Crippen LogP contribution in [0.4, 0.5) is 0 Å². The smallest absolute Gasteiger partial charge is 0.0970 e. The highest BCUT2D eigenvalue weighted by molar-refractivity contribution is 4.66. The molecule has 0 spiro atoms. The van der Waals surface area contributed by atoms with Crippen molar-refractivity contribution >= 4 is 0 Å². The van der Waals surface area contributed by atoms with E-state index in [9.17, 15) is 0 Å². The largest absolute Gasteiger partial charge is 1.00 e. The van der Waals surface area contributed by atoms with Gasteiger partial charge in [-0.3, -0.25) is 0 Å². The second-order valence-electron chi connectivity index (χ2n) is 3.05. The average Bonchev–Trinajstić information content (AvgIpc) is 2.16. The molecule has 0 aromatic carbocycles. The van der Waals surface area contributed by atoms with Gasteiger partial charge in [0, 0.05) is 0 Å². The van der Waals surface area contributed by atoms with E-state index in [4.69, 9.17) is 0 Å². The van der Waals surface area contributed by atoms with Gasteiger partial charge in [-0.25, -0.2) is 0 Å². The lowest BCUT2D eigenvalue weighted by Crippen LogP contribution is -3.00. The Morgan fingerprint density at radius 1 is 1.00 bits per heavy atom. The maximum absolute atomic E-state index is 3.77. The Hall–Kier alpha value is -0.0800. The third-order valence-electron chi connectivity index (χ3n) is 2.53. The van der Waals surface area contributed by atoms with Crippen molar-refractivity contribution in [3.8, 4) is 0 Å². The molecule has 2 heteroatoms. The van der Waals surface area contributed by atoms with Crippen molar-refractivity contribution in [2.24, 2.45) is 0 Å². The number of hydrogen-bond acceptors (Lipinski definition) is 0. The molecular formula is C12H25BrN. The minimum Gasteiger partial charge on any atom is -1.00 e. The van der Waals surface area contributed by atoms with Gasteiger partial charge in [-0.05, 0) is 33.8 Å². The van der Waals surface area contributed by atoms with Gasteiger partial charge in [-0.15, -0.1) is 6.58 Å². The maximum Gasteiger partial charge on any atom is 0.0970 e. The Morgan fingerprint density at radius 3 is 1.36 bits per heavy atom. The van der Waals surface area contributed by atoms with E-state index in [0.29, 0.717) is 0 Å². The zero-order valence-electron chi connectivity index (χ0n) is 9.93. The first-order chi connectivity index (χ1) is 6.16. The van der Waals surface area contributed by atoms with Crippen LogP contribution in [0.25, 0.3) is 0 Å². The van der Waals surface area contributed by atoms with Crippen LogP contribution in [0.2, 0.25) is 0 Å². The standard InChI is InChI=1S/C9H20N.C3H5.BrH/c1-5-9-10(6-2,7-3)8-4;1-3-2;/h5H,1,6-9H2,2-4H3;3H,1-2H2;1H/q+1;;/p-1. The number of hydrogen-bond donors (Lipinski definition) is 0. The molecule has 0 N–H and O–H groups in total. The van der Waals surface area contributed by atoms with Crippen LogP contribution >= 0.6 is 0 Å². The van der Waals surface area contributed by atoms with Gasteiger partial charge in [0.1, 0.15) is 0 Å². The number of likely N-dealkylation sites (N-methyl/N-ethyl adjacent to an activating group) is 1. The summed E-state index contributed by atoms with van der Waals surface area (Å²) in [6, 6.07) is 0. The van der Waals surface area contributed by atoms with Gasteiger partial charge in [0.2, 0.25) is 0 Å². The molecule has 0 saturated carbocycles. The second kappa shape index (κ2) is 12.9. The number of quaternary nitrogens is 1. The molecular weight excluding hydrogens is 238 g/mol. The number of nitrogens with zero attached hydrogens (tertiary/aromatic N) is 1. The molecule has 0 saturated heterocycles. The SMILES string of the molecule is C=CC[N+](CC)(CC)CC.[Br-].[CH2]C=C. The predicted octanol–water partition coefficient (Wildman–Crippen LogP) is 0.0594. The fourth-order valence-electron chi connectivity index (χ4n) is 1.33. The summed E-state index contributed by atoms with van der Waals surface area (Å²) in [7, 11) is 0. The molecule has 1 nitrogen and oxygen atoms in total. The van der Waals surface area contributed by atoms with Crippen LogP contribution in [0.3, 0.4) is 0 Å². The molecule has 0 bridgehead atoms. The van der Waals surface area contributed by atoms with Gasteiger partial charge >= 0.3 is 0 Å². The van der Waals surface area contributed by atoms with Crippen LogP contribution in [0.1, 0.15) is 20.8 Å². The predicted molar refractivity (Wildman–Crippen MR) is 62.5 cm³/mol. The molecule has 14 heavy (non-hydrogen) atoms. The molecule has 0 aliphatic heterocycles. The van der Waals surface area contributed by atoms with E-state index in [2.05, 4.69) is 40.9 Å². The topological polar surface area (TPSA) is 0 Å². The fourth-order valence-corrected chi connectivity index (χ4v) is 1.33. The van der Waals surface area contributed by atoms with Crippen molar-refractivity contribution in [2.75, 3.05) is 26.2 Å². The van der Waals surface area contributed by atoms with Crippen molar-refractivity contribution in [2.45, 2.75) is 20.8 Å². The second-order valence-corrected chi connectivity index (χ2v) is 3.05. The lowest BCUT2D eigenvalue weighted by atomic mass is 10.3. The highest BCUT2D eigenvalue weighted by Gasteiger charge is 2.17. The van der Waals surface area contributed by atoms with Crippen LogP contribution in [0.5, 0.6) is 0 Å². The third-order valence-corrected chi connectivity index (χ3v) is 2.53. The zero-order valence-corrected chi connectivity index (χ0v) is 11.5. The number of rotatable bonds is 5. The molecule has 0 heterocycles. The van der Waals surface area contributed by atoms with Crippen molar-refractivity contribution in [3.05, 3.63) is 32.2 Å². The Morgan fingerprint density at radius 2 is 1.29 bits per heavy atom. The van der Waals surface area contributed by atoms with Crippen LogP contribution in [0.15, 0.2) is 25.3 Å². The van der Waals surface area contributed by atoms with E-state index in [-0.39, 0.29) is 17.0 Å². The summed E-state index contributed by atoms with van der Waals surface area (Å²) in [6.45, 7) is 21.8. The van der Waals surface area contributed by atoms with Crippen LogP contribution in [-0.4, -0.2) is 30.7 Å². The first kappa shape index (κ1) is 19.5. The summed E-state index contributed by atoms with van der Waals surface area (Å²) in [4.78, 5) is 0. The minimum absolute atomic E-state index is 0. The van der Waals surface area contributed by atoms with Crippen molar-refractivity contribution < 1.29 is 21.5 Å². The molecule has 0 amide bonds. The molecule has 85 valence electrons. The van der Waals surface area contributed by atoms with E-state index in [1.165, 1.54) is 30.2 Å². The molecule has 0 rings (SSSR count). The van der Waals surface area contributed by atoms with E-state index < -0.39 is 0 Å². The molecule has 1 radical (unpaired) electrons. The van der Waals surface area contributed by atoms with E-state index in [1.54, 1.807) is 0 Å². The van der Waals surface area contributed by atoms with Crippen molar-refractivity contribution in [1.82, 2.24) is 0 Å². The van der Waals surface area contributed by atoms with Gasteiger partial charge in [-0.2, -0.15) is 0 Å². The van der Waals surface area contributed by atoms with Crippen LogP contribution in [-0.2, 0) is 0 Å². The summed E-state index contributed by atoms with van der Waals surface area (Å²) in [5, 5.41) is 0. The van der Waals surface area contributed by atoms with Gasteiger partial charge in [-0.1, -0.05) is 12.7 Å². The van der Waals surface area contributed by atoms with Crippen molar-refractivity contribution in [1.29, 1.82) is 0 Å². The first-order valence-corrected chi connectivity index (χ1v) is 5.02. The summed E-state index contributed by atoms with van der Waals surface area (Å²) >= 11 is 0. The fraction of sp³-hybridized carbons (Fsp3) is 0.583. The Kier molecular flexibility index (Phi) is 18.0. The summed E-state index contributed by atoms with van der Waals surface area (Å²) < 4.78 is 1.18. The van der Waals surface area contributed by atoms with E-state index >= 15 is 0 Å².